The smallest absolute Gasteiger partial charge is 0.264 e. The molecule has 0 aliphatic heterocycles. The fourth-order valence-electron chi connectivity index (χ4n) is 3.83. The molecule has 4 rings (SSSR count). The minimum absolute atomic E-state index is 0.0106. The summed E-state index contributed by atoms with van der Waals surface area (Å²) in [6.07, 6.45) is 3.84. The number of amides is 1. The summed E-state index contributed by atoms with van der Waals surface area (Å²) >= 11 is 0. The lowest BCUT2D eigenvalue weighted by Gasteiger charge is -2.15. The lowest BCUT2D eigenvalue weighted by atomic mass is 9.96. The van der Waals surface area contributed by atoms with E-state index in [1.54, 1.807) is 21.8 Å². The summed E-state index contributed by atoms with van der Waals surface area (Å²) in [4.78, 5) is 30.0. The highest BCUT2D eigenvalue weighted by atomic mass is 16.2. The Morgan fingerprint density at radius 1 is 1.09 bits per heavy atom. The minimum atomic E-state index is -0.183. The molecule has 0 saturated heterocycles. The number of aromatic nitrogens is 4. The van der Waals surface area contributed by atoms with Gasteiger partial charge >= 0.3 is 0 Å². The van der Waals surface area contributed by atoms with Crippen LogP contribution in [0.2, 0.25) is 0 Å². The first-order valence-corrected chi connectivity index (χ1v) is 10.9. The van der Waals surface area contributed by atoms with Gasteiger partial charge in [-0.25, -0.2) is 9.67 Å². The predicted octanol–water partition coefficient (Wildman–Crippen LogP) is 3.26. The van der Waals surface area contributed by atoms with Crippen molar-refractivity contribution in [2.75, 3.05) is 6.54 Å². The third kappa shape index (κ3) is 4.61. The number of nitrogens with zero attached hydrogens (tertiary/aromatic N) is 4. The van der Waals surface area contributed by atoms with Gasteiger partial charge in [0.25, 0.3) is 5.56 Å². The van der Waals surface area contributed by atoms with Crippen molar-refractivity contribution in [2.24, 2.45) is 0 Å². The molecule has 1 amide bonds. The molecule has 1 N–H and O–H groups in total. The van der Waals surface area contributed by atoms with Crippen LogP contribution in [0, 0.1) is 6.92 Å². The monoisotopic (exact) mass is 429 g/mol. The number of rotatable bonds is 8. The molecule has 7 heteroatoms. The molecule has 4 aromatic rings. The van der Waals surface area contributed by atoms with Crippen LogP contribution in [0.3, 0.4) is 0 Å². The van der Waals surface area contributed by atoms with Gasteiger partial charge in [-0.1, -0.05) is 67.1 Å². The summed E-state index contributed by atoms with van der Waals surface area (Å²) in [5.41, 5.74) is 3.63. The highest BCUT2D eigenvalue weighted by molar-refractivity contribution is 5.83. The van der Waals surface area contributed by atoms with E-state index in [1.807, 2.05) is 68.4 Å². The Hall–Kier alpha value is -3.74. The lowest BCUT2D eigenvalue weighted by molar-refractivity contribution is -0.122. The molecule has 1 atom stereocenters. The highest BCUT2D eigenvalue weighted by Gasteiger charge is 2.18. The van der Waals surface area contributed by atoms with Crippen molar-refractivity contribution in [1.29, 1.82) is 0 Å². The molecule has 2 aromatic heterocycles. The van der Waals surface area contributed by atoms with Crippen LogP contribution >= 0.6 is 0 Å². The van der Waals surface area contributed by atoms with Crippen LogP contribution in [-0.4, -0.2) is 31.8 Å². The average molecular weight is 430 g/mol. The minimum Gasteiger partial charge on any atom is -0.354 e. The first-order valence-electron chi connectivity index (χ1n) is 10.9. The molecule has 7 nitrogen and oxygen atoms in total. The molecule has 164 valence electrons. The molecule has 0 radical (unpaired) electrons. The maximum Gasteiger partial charge on any atom is 0.264 e. The van der Waals surface area contributed by atoms with E-state index in [0.717, 1.165) is 17.5 Å². The topological polar surface area (TPSA) is 81.8 Å². The summed E-state index contributed by atoms with van der Waals surface area (Å²) in [7, 11) is 0. The van der Waals surface area contributed by atoms with Gasteiger partial charge in [0.05, 0.1) is 25.2 Å². The van der Waals surface area contributed by atoms with E-state index in [9.17, 15) is 9.59 Å². The Bertz CT molecular complexity index is 1260. The van der Waals surface area contributed by atoms with Gasteiger partial charge in [-0.2, -0.15) is 5.10 Å². The van der Waals surface area contributed by atoms with Crippen LogP contribution in [0.25, 0.3) is 11.0 Å². The molecular weight excluding hydrogens is 402 g/mol. The van der Waals surface area contributed by atoms with Gasteiger partial charge in [0.1, 0.15) is 11.7 Å². The Balaban J connectivity index is 1.43. The van der Waals surface area contributed by atoms with Crippen molar-refractivity contribution in [3.63, 3.8) is 0 Å². The van der Waals surface area contributed by atoms with Crippen LogP contribution in [0.4, 0.5) is 0 Å². The SMILES string of the molecule is CCC(C(=O)NCCn1ncc2c(=O)n(Cc3ccc(C)cc3)cnc21)c1ccccc1. The maximum atomic E-state index is 12.9. The lowest BCUT2D eigenvalue weighted by Crippen LogP contribution is -2.32. The number of aryl methyl sites for hydroxylation is 1. The third-order valence-corrected chi connectivity index (χ3v) is 5.65. The van der Waals surface area contributed by atoms with E-state index >= 15 is 0 Å². The normalized spacial score (nSPS) is 12.1. The van der Waals surface area contributed by atoms with Crippen molar-refractivity contribution < 1.29 is 4.79 Å². The Kier molecular flexibility index (Phi) is 6.44. The van der Waals surface area contributed by atoms with E-state index in [2.05, 4.69) is 15.4 Å². The quantitative estimate of drug-likeness (QED) is 0.466. The number of fused-ring (bicyclic) bond motifs is 1. The molecule has 0 fully saturated rings. The van der Waals surface area contributed by atoms with Gasteiger partial charge in [-0.05, 0) is 24.5 Å². The first kappa shape index (κ1) is 21.5. The van der Waals surface area contributed by atoms with Crippen LogP contribution in [0.5, 0.6) is 0 Å². The van der Waals surface area contributed by atoms with Crippen LogP contribution in [0.1, 0.15) is 36.0 Å². The fourth-order valence-corrected chi connectivity index (χ4v) is 3.83. The average Bonchev–Trinajstić information content (AvgIpc) is 3.22. The summed E-state index contributed by atoms with van der Waals surface area (Å²) in [6.45, 7) is 5.34. The van der Waals surface area contributed by atoms with Gasteiger partial charge in [-0.15, -0.1) is 0 Å². The number of carbonyl (C=O) groups is 1. The summed E-state index contributed by atoms with van der Waals surface area (Å²) in [5, 5.41) is 7.79. The summed E-state index contributed by atoms with van der Waals surface area (Å²) < 4.78 is 3.25. The third-order valence-electron chi connectivity index (χ3n) is 5.65. The highest BCUT2D eigenvalue weighted by Crippen LogP contribution is 2.19. The standard InChI is InChI=1S/C25H27N5O2/c1-3-21(20-7-5-4-6-8-20)24(31)26-13-14-30-23-22(15-28-30)25(32)29(17-27-23)16-19-11-9-18(2)10-12-19/h4-12,15,17,21H,3,13-14,16H2,1-2H3,(H,26,31). The molecule has 2 heterocycles. The Morgan fingerprint density at radius 3 is 2.56 bits per heavy atom. The van der Waals surface area contributed by atoms with Crippen molar-refractivity contribution in [3.8, 4) is 0 Å². The summed E-state index contributed by atoms with van der Waals surface area (Å²) in [5.74, 6) is -0.193. The van der Waals surface area contributed by atoms with Crippen LogP contribution in [-0.2, 0) is 17.9 Å². The van der Waals surface area contributed by atoms with E-state index in [-0.39, 0.29) is 17.4 Å². The molecular formula is C25H27N5O2. The molecule has 1 unspecified atom stereocenters. The molecule has 32 heavy (non-hydrogen) atoms. The van der Waals surface area contributed by atoms with Gasteiger partial charge in [-0.3, -0.25) is 14.2 Å². The van der Waals surface area contributed by atoms with E-state index in [0.29, 0.717) is 30.7 Å². The number of benzene rings is 2. The second-order valence-corrected chi connectivity index (χ2v) is 7.93. The number of carbonyl (C=O) groups excluding carboxylic acids is 1. The van der Waals surface area contributed by atoms with Crippen molar-refractivity contribution in [3.05, 3.63) is 94.2 Å². The Morgan fingerprint density at radius 2 is 1.84 bits per heavy atom. The second kappa shape index (κ2) is 9.60. The summed E-state index contributed by atoms with van der Waals surface area (Å²) in [6, 6.07) is 17.9. The van der Waals surface area contributed by atoms with E-state index in [1.165, 1.54) is 5.56 Å². The molecule has 0 saturated carbocycles. The van der Waals surface area contributed by atoms with E-state index < -0.39 is 0 Å². The maximum absolute atomic E-state index is 12.9. The molecule has 0 aliphatic carbocycles. The number of hydrogen-bond acceptors (Lipinski definition) is 4. The predicted molar refractivity (Wildman–Crippen MR) is 125 cm³/mol. The van der Waals surface area contributed by atoms with Crippen molar-refractivity contribution in [1.82, 2.24) is 24.6 Å². The zero-order chi connectivity index (χ0) is 22.5. The fraction of sp³-hybridized carbons (Fsp3) is 0.280. The number of hydrogen-bond donors (Lipinski definition) is 1. The largest absolute Gasteiger partial charge is 0.354 e. The molecule has 2 aromatic carbocycles. The zero-order valence-corrected chi connectivity index (χ0v) is 18.4. The van der Waals surface area contributed by atoms with Crippen LogP contribution in [0.15, 0.2) is 71.9 Å². The Labute approximate surface area is 186 Å². The van der Waals surface area contributed by atoms with E-state index in [4.69, 9.17) is 0 Å². The van der Waals surface area contributed by atoms with Crippen molar-refractivity contribution in [2.45, 2.75) is 39.3 Å². The zero-order valence-electron chi connectivity index (χ0n) is 18.4. The molecule has 0 bridgehead atoms. The number of nitrogens with one attached hydrogen (secondary N) is 1. The van der Waals surface area contributed by atoms with Gasteiger partial charge < -0.3 is 5.32 Å². The van der Waals surface area contributed by atoms with Gasteiger partial charge in [0, 0.05) is 6.54 Å². The molecule has 0 aliphatic rings. The molecule has 0 spiro atoms. The van der Waals surface area contributed by atoms with Gasteiger partial charge in [0.15, 0.2) is 5.65 Å². The first-order chi connectivity index (χ1) is 15.6. The van der Waals surface area contributed by atoms with Crippen molar-refractivity contribution >= 4 is 16.9 Å². The van der Waals surface area contributed by atoms with Crippen LogP contribution < -0.4 is 10.9 Å². The van der Waals surface area contributed by atoms with Gasteiger partial charge in [0.2, 0.25) is 5.91 Å². The second-order valence-electron chi connectivity index (χ2n) is 7.93.